The summed E-state index contributed by atoms with van der Waals surface area (Å²) in [6.07, 6.45) is 5.58. The summed E-state index contributed by atoms with van der Waals surface area (Å²) in [7, 11) is 0. The minimum atomic E-state index is -0.142. The Morgan fingerprint density at radius 1 is 1.39 bits per heavy atom. The number of carbonyl (C=O) groups excluding carboxylic acids is 1. The predicted molar refractivity (Wildman–Crippen MR) is 71.3 cm³/mol. The van der Waals surface area contributed by atoms with Crippen LogP contribution in [0.2, 0.25) is 0 Å². The number of esters is 1. The first-order valence-electron chi connectivity index (χ1n) is 6.53. The lowest BCUT2D eigenvalue weighted by Crippen LogP contribution is -2.33. The fourth-order valence-corrected chi connectivity index (χ4v) is 1.81. The van der Waals surface area contributed by atoms with Crippen LogP contribution in [0.1, 0.15) is 25.8 Å². The highest BCUT2D eigenvalue weighted by molar-refractivity contribution is 5.71. The summed E-state index contributed by atoms with van der Waals surface area (Å²) in [5.41, 5.74) is 1.20. The molecule has 0 aliphatic carbocycles. The van der Waals surface area contributed by atoms with Gasteiger partial charge in [-0.05, 0) is 37.9 Å². The summed E-state index contributed by atoms with van der Waals surface area (Å²) in [4.78, 5) is 17.7. The molecule has 0 saturated heterocycles. The van der Waals surface area contributed by atoms with Gasteiger partial charge in [0.25, 0.3) is 0 Å². The Kier molecular flexibility index (Phi) is 7.03. The van der Waals surface area contributed by atoms with Crippen LogP contribution < -0.4 is 0 Å². The molecule has 0 bridgehead atoms. The van der Waals surface area contributed by atoms with Gasteiger partial charge in [-0.2, -0.15) is 0 Å². The quantitative estimate of drug-likeness (QED) is 0.661. The van der Waals surface area contributed by atoms with Gasteiger partial charge in [-0.3, -0.25) is 14.7 Å². The summed E-state index contributed by atoms with van der Waals surface area (Å²) in [5, 5.41) is 0. The minimum absolute atomic E-state index is 0.142. The smallest absolute Gasteiger partial charge is 0.320 e. The van der Waals surface area contributed by atoms with Gasteiger partial charge in [-0.25, -0.2) is 0 Å². The summed E-state index contributed by atoms with van der Waals surface area (Å²) < 4.78 is 4.98. The highest BCUT2D eigenvalue weighted by Crippen LogP contribution is 2.01. The molecule has 0 N–H and O–H groups in total. The second-order valence-electron chi connectivity index (χ2n) is 4.19. The maximum Gasteiger partial charge on any atom is 0.320 e. The second kappa shape index (κ2) is 8.64. The molecule has 0 aromatic carbocycles. The number of pyridine rings is 1. The lowest BCUT2D eigenvalue weighted by atomic mass is 10.2. The molecule has 0 fully saturated rings. The van der Waals surface area contributed by atoms with Crippen LogP contribution in [0.3, 0.4) is 0 Å². The van der Waals surface area contributed by atoms with Crippen LogP contribution in [0.5, 0.6) is 0 Å². The highest BCUT2D eigenvalue weighted by Gasteiger charge is 2.10. The molecule has 0 atom stereocenters. The van der Waals surface area contributed by atoms with E-state index in [2.05, 4.69) is 22.9 Å². The van der Waals surface area contributed by atoms with E-state index >= 15 is 0 Å². The Morgan fingerprint density at radius 3 is 2.83 bits per heavy atom. The molecule has 0 saturated carbocycles. The van der Waals surface area contributed by atoms with Gasteiger partial charge < -0.3 is 4.74 Å². The van der Waals surface area contributed by atoms with Crippen molar-refractivity contribution in [2.24, 2.45) is 0 Å². The Hall–Kier alpha value is -1.42. The van der Waals surface area contributed by atoms with E-state index in [1.54, 1.807) is 6.20 Å². The molecule has 0 radical (unpaired) electrons. The van der Waals surface area contributed by atoms with Gasteiger partial charge in [-0.1, -0.05) is 13.0 Å². The minimum Gasteiger partial charge on any atom is -0.465 e. The lowest BCUT2D eigenvalue weighted by Gasteiger charge is -2.20. The Balaban J connectivity index is 2.40. The van der Waals surface area contributed by atoms with E-state index in [9.17, 15) is 4.79 Å². The Labute approximate surface area is 109 Å². The third-order valence-corrected chi connectivity index (χ3v) is 2.64. The van der Waals surface area contributed by atoms with Crippen molar-refractivity contribution in [3.8, 4) is 0 Å². The molecule has 0 aliphatic heterocycles. The van der Waals surface area contributed by atoms with E-state index < -0.39 is 0 Å². The number of hydrogen-bond acceptors (Lipinski definition) is 4. The van der Waals surface area contributed by atoms with Crippen LogP contribution in [0.15, 0.2) is 24.5 Å². The van der Waals surface area contributed by atoms with Crippen LogP contribution in [0.4, 0.5) is 0 Å². The number of carbonyl (C=O) groups is 1. The summed E-state index contributed by atoms with van der Waals surface area (Å²) in [6, 6.07) is 3.99. The third kappa shape index (κ3) is 5.77. The number of rotatable bonds is 8. The van der Waals surface area contributed by atoms with Crippen molar-refractivity contribution >= 4 is 5.97 Å². The van der Waals surface area contributed by atoms with Crippen LogP contribution in [0, 0.1) is 0 Å². The number of nitrogens with zero attached hydrogens (tertiary/aromatic N) is 2. The number of aromatic nitrogens is 1. The van der Waals surface area contributed by atoms with Crippen molar-refractivity contribution in [1.29, 1.82) is 0 Å². The highest BCUT2D eigenvalue weighted by atomic mass is 16.5. The normalized spacial score (nSPS) is 10.6. The molecular formula is C14H22N2O2. The molecule has 0 amide bonds. The fourth-order valence-electron chi connectivity index (χ4n) is 1.81. The topological polar surface area (TPSA) is 42.4 Å². The van der Waals surface area contributed by atoms with Crippen LogP contribution >= 0.6 is 0 Å². The largest absolute Gasteiger partial charge is 0.465 e. The molecule has 1 rings (SSSR count). The van der Waals surface area contributed by atoms with Crippen molar-refractivity contribution in [2.45, 2.75) is 26.7 Å². The molecule has 1 heterocycles. The molecular weight excluding hydrogens is 228 g/mol. The first-order valence-corrected chi connectivity index (χ1v) is 6.53. The Morgan fingerprint density at radius 2 is 2.22 bits per heavy atom. The molecule has 0 aliphatic rings. The van der Waals surface area contributed by atoms with E-state index in [1.165, 1.54) is 5.56 Å². The zero-order valence-corrected chi connectivity index (χ0v) is 11.3. The lowest BCUT2D eigenvalue weighted by molar-refractivity contribution is -0.144. The summed E-state index contributed by atoms with van der Waals surface area (Å²) in [6.45, 7) is 6.54. The summed E-state index contributed by atoms with van der Waals surface area (Å²) >= 11 is 0. The van der Waals surface area contributed by atoms with Crippen molar-refractivity contribution in [1.82, 2.24) is 9.88 Å². The van der Waals surface area contributed by atoms with E-state index in [0.29, 0.717) is 13.2 Å². The van der Waals surface area contributed by atoms with Gasteiger partial charge in [0.1, 0.15) is 0 Å². The molecule has 0 spiro atoms. The first kappa shape index (κ1) is 14.6. The molecule has 4 heteroatoms. The molecule has 18 heavy (non-hydrogen) atoms. The maximum atomic E-state index is 11.5. The van der Waals surface area contributed by atoms with Gasteiger partial charge in [0.05, 0.1) is 13.2 Å². The first-order chi connectivity index (χ1) is 8.76. The van der Waals surface area contributed by atoms with E-state index in [1.807, 2.05) is 19.2 Å². The maximum absolute atomic E-state index is 11.5. The Bertz CT molecular complexity index is 341. The fraction of sp³-hybridized carbons (Fsp3) is 0.571. The van der Waals surface area contributed by atoms with E-state index in [4.69, 9.17) is 4.74 Å². The van der Waals surface area contributed by atoms with Crippen LogP contribution in [0.25, 0.3) is 0 Å². The van der Waals surface area contributed by atoms with Gasteiger partial charge in [-0.15, -0.1) is 0 Å². The van der Waals surface area contributed by atoms with Crippen molar-refractivity contribution in [3.63, 3.8) is 0 Å². The monoisotopic (exact) mass is 250 g/mol. The summed E-state index contributed by atoms with van der Waals surface area (Å²) in [5.74, 6) is -0.142. The number of ether oxygens (including phenoxy) is 1. The zero-order chi connectivity index (χ0) is 13.2. The van der Waals surface area contributed by atoms with E-state index in [0.717, 1.165) is 25.9 Å². The van der Waals surface area contributed by atoms with Crippen molar-refractivity contribution in [3.05, 3.63) is 30.1 Å². The molecule has 0 unspecified atom stereocenters. The van der Waals surface area contributed by atoms with Crippen LogP contribution in [-0.2, 0) is 16.0 Å². The second-order valence-corrected chi connectivity index (χ2v) is 4.19. The van der Waals surface area contributed by atoms with Gasteiger partial charge >= 0.3 is 5.97 Å². The van der Waals surface area contributed by atoms with Crippen molar-refractivity contribution in [2.75, 3.05) is 26.2 Å². The van der Waals surface area contributed by atoms with Crippen LogP contribution in [-0.4, -0.2) is 42.1 Å². The average Bonchev–Trinajstić information content (AvgIpc) is 2.38. The third-order valence-electron chi connectivity index (χ3n) is 2.64. The van der Waals surface area contributed by atoms with E-state index in [-0.39, 0.29) is 5.97 Å². The number of hydrogen-bond donors (Lipinski definition) is 0. The predicted octanol–water partition coefficient (Wildman–Crippen LogP) is 1.90. The molecule has 1 aromatic rings. The molecule has 4 nitrogen and oxygen atoms in total. The SMILES string of the molecule is CCCN(CCc1cccnc1)CC(=O)OCC. The standard InChI is InChI=1S/C14H22N2O2/c1-3-9-16(12-14(17)18-4-2)10-7-13-6-5-8-15-11-13/h5-6,8,11H,3-4,7,9-10,12H2,1-2H3. The van der Waals surface area contributed by atoms with Gasteiger partial charge in [0, 0.05) is 18.9 Å². The van der Waals surface area contributed by atoms with Crippen molar-refractivity contribution < 1.29 is 9.53 Å². The average molecular weight is 250 g/mol. The molecule has 100 valence electrons. The van der Waals surface area contributed by atoms with Gasteiger partial charge in [0.15, 0.2) is 0 Å². The van der Waals surface area contributed by atoms with Gasteiger partial charge in [0.2, 0.25) is 0 Å². The molecule has 1 aromatic heterocycles. The zero-order valence-electron chi connectivity index (χ0n) is 11.3.